The minimum Gasteiger partial charge on any atom is -0.489 e. The largest absolute Gasteiger partial charge is 0.489 e. The Labute approximate surface area is 169 Å². The molecular weight excluding hydrogens is 370 g/mol. The van der Waals surface area contributed by atoms with E-state index in [2.05, 4.69) is 18.3 Å². The van der Waals surface area contributed by atoms with Crippen molar-refractivity contribution in [3.63, 3.8) is 0 Å². The molecule has 1 aliphatic carbocycles. The molecule has 3 rings (SSSR count). The first-order valence-corrected chi connectivity index (χ1v) is 9.15. The summed E-state index contributed by atoms with van der Waals surface area (Å²) in [5.41, 5.74) is 1.55. The zero-order valence-electron chi connectivity index (χ0n) is 16.1. The maximum atomic E-state index is 13.4. The van der Waals surface area contributed by atoms with Crippen molar-refractivity contribution < 1.29 is 23.9 Å². The Morgan fingerprint density at radius 1 is 0.931 bits per heavy atom. The van der Waals surface area contributed by atoms with E-state index in [4.69, 9.17) is 14.3 Å². The lowest BCUT2D eigenvalue weighted by atomic mass is 9.82. The molecule has 6 nitrogen and oxygen atoms in total. The molecular formula is C23H21NO5. The van der Waals surface area contributed by atoms with Crippen molar-refractivity contribution in [2.24, 2.45) is 5.16 Å². The molecule has 0 aromatic heterocycles. The van der Waals surface area contributed by atoms with Crippen LogP contribution in [0, 0.1) is 0 Å². The molecule has 148 valence electrons. The van der Waals surface area contributed by atoms with Crippen LogP contribution in [-0.4, -0.2) is 37.6 Å². The van der Waals surface area contributed by atoms with Crippen molar-refractivity contribution in [1.82, 2.24) is 0 Å². The van der Waals surface area contributed by atoms with Crippen LogP contribution in [0.15, 0.2) is 60.8 Å². The number of ether oxygens (including phenoxy) is 2. The van der Waals surface area contributed by atoms with E-state index in [9.17, 15) is 9.59 Å². The minimum absolute atomic E-state index is 0.182. The Morgan fingerprint density at radius 2 is 1.62 bits per heavy atom. The Bertz CT molecular complexity index is 1010. The standard InChI is InChI=1S/C23H21NO5/c1-4-10-27-18-9-7-8-16-20(18)23(26)21-17(22(16)25)12-15(14-24-29-6-3)13-19(21)28-11-5-2/h4-5,7-9,12-14H,1-2,6,10-11H2,3H3/b24-14+. The smallest absolute Gasteiger partial charge is 0.201 e. The number of oxime groups is 1. The van der Waals surface area contributed by atoms with Gasteiger partial charge in [0.2, 0.25) is 5.78 Å². The van der Waals surface area contributed by atoms with Crippen LogP contribution in [0.25, 0.3) is 0 Å². The second kappa shape index (κ2) is 9.01. The van der Waals surface area contributed by atoms with Crippen molar-refractivity contribution in [3.8, 4) is 11.5 Å². The Morgan fingerprint density at radius 3 is 2.31 bits per heavy atom. The lowest BCUT2D eigenvalue weighted by Gasteiger charge is -2.22. The van der Waals surface area contributed by atoms with Crippen LogP contribution in [0.5, 0.6) is 11.5 Å². The van der Waals surface area contributed by atoms with Gasteiger partial charge in [0.25, 0.3) is 0 Å². The number of hydrogen-bond acceptors (Lipinski definition) is 6. The number of ketones is 2. The second-order valence-corrected chi connectivity index (χ2v) is 6.13. The van der Waals surface area contributed by atoms with E-state index in [1.54, 1.807) is 42.5 Å². The molecule has 0 heterocycles. The van der Waals surface area contributed by atoms with E-state index in [1.165, 1.54) is 6.21 Å². The van der Waals surface area contributed by atoms with Gasteiger partial charge < -0.3 is 14.3 Å². The van der Waals surface area contributed by atoms with Gasteiger partial charge in [-0.25, -0.2) is 0 Å². The average molecular weight is 391 g/mol. The monoisotopic (exact) mass is 391 g/mol. The predicted molar refractivity (Wildman–Crippen MR) is 110 cm³/mol. The van der Waals surface area contributed by atoms with Crippen LogP contribution in [0.4, 0.5) is 0 Å². The molecule has 0 fully saturated rings. The lowest BCUT2D eigenvalue weighted by molar-refractivity contribution is 0.0973. The Kier molecular flexibility index (Phi) is 6.24. The number of nitrogens with zero attached hydrogens (tertiary/aromatic N) is 1. The summed E-state index contributed by atoms with van der Waals surface area (Å²) in [6.45, 7) is 9.88. The molecule has 0 saturated heterocycles. The fourth-order valence-corrected chi connectivity index (χ4v) is 3.05. The maximum Gasteiger partial charge on any atom is 0.201 e. The first kappa shape index (κ1) is 20.1. The van der Waals surface area contributed by atoms with Gasteiger partial charge in [-0.2, -0.15) is 0 Å². The second-order valence-electron chi connectivity index (χ2n) is 6.13. The molecule has 0 radical (unpaired) electrons. The quantitative estimate of drug-likeness (QED) is 0.314. The minimum atomic E-state index is -0.332. The summed E-state index contributed by atoms with van der Waals surface area (Å²) in [5.74, 6) is 0.00122. The van der Waals surface area contributed by atoms with Crippen molar-refractivity contribution in [2.45, 2.75) is 6.92 Å². The van der Waals surface area contributed by atoms with Crippen LogP contribution < -0.4 is 9.47 Å². The fourth-order valence-electron chi connectivity index (χ4n) is 3.05. The first-order valence-electron chi connectivity index (χ1n) is 9.15. The highest BCUT2D eigenvalue weighted by atomic mass is 16.6. The van der Waals surface area contributed by atoms with Crippen molar-refractivity contribution >= 4 is 17.8 Å². The molecule has 0 amide bonds. The molecule has 0 N–H and O–H groups in total. The van der Waals surface area contributed by atoms with E-state index in [0.717, 1.165) is 0 Å². The average Bonchev–Trinajstić information content (AvgIpc) is 2.74. The summed E-state index contributed by atoms with van der Waals surface area (Å²) in [7, 11) is 0. The van der Waals surface area contributed by atoms with E-state index >= 15 is 0 Å². The number of hydrogen-bond donors (Lipinski definition) is 0. The van der Waals surface area contributed by atoms with Crippen LogP contribution in [-0.2, 0) is 4.84 Å². The highest BCUT2D eigenvalue weighted by Gasteiger charge is 2.35. The topological polar surface area (TPSA) is 74.2 Å². The molecule has 6 heteroatoms. The Balaban J connectivity index is 2.16. The molecule has 1 aliphatic rings. The number of benzene rings is 2. The van der Waals surface area contributed by atoms with Crippen LogP contribution in [0.3, 0.4) is 0 Å². The molecule has 0 aliphatic heterocycles. The number of carbonyl (C=O) groups is 2. The predicted octanol–water partition coefficient (Wildman–Crippen LogP) is 3.96. The molecule has 2 aromatic carbocycles. The highest BCUT2D eigenvalue weighted by molar-refractivity contribution is 6.30. The van der Waals surface area contributed by atoms with Crippen molar-refractivity contribution in [2.75, 3.05) is 19.8 Å². The van der Waals surface area contributed by atoms with Gasteiger partial charge in [0, 0.05) is 16.7 Å². The molecule has 0 bridgehead atoms. The summed E-state index contributed by atoms with van der Waals surface area (Å²) in [6, 6.07) is 8.21. The van der Waals surface area contributed by atoms with E-state index in [1.807, 2.05) is 6.92 Å². The van der Waals surface area contributed by atoms with Gasteiger partial charge >= 0.3 is 0 Å². The molecule has 0 spiro atoms. The van der Waals surface area contributed by atoms with Gasteiger partial charge in [-0.15, -0.1) is 0 Å². The zero-order valence-corrected chi connectivity index (χ0v) is 16.1. The summed E-state index contributed by atoms with van der Waals surface area (Å²) in [5, 5.41) is 3.84. The van der Waals surface area contributed by atoms with Gasteiger partial charge in [0.05, 0.1) is 17.3 Å². The molecule has 0 unspecified atom stereocenters. The van der Waals surface area contributed by atoms with Crippen molar-refractivity contribution in [1.29, 1.82) is 0 Å². The van der Waals surface area contributed by atoms with Gasteiger partial charge in [-0.1, -0.05) is 42.6 Å². The summed E-state index contributed by atoms with van der Waals surface area (Å²) >= 11 is 0. The van der Waals surface area contributed by atoms with Crippen LogP contribution in [0.2, 0.25) is 0 Å². The van der Waals surface area contributed by atoms with Gasteiger partial charge in [0.1, 0.15) is 31.3 Å². The van der Waals surface area contributed by atoms with Gasteiger partial charge in [-0.05, 0) is 25.1 Å². The van der Waals surface area contributed by atoms with E-state index in [-0.39, 0.29) is 52.8 Å². The highest BCUT2D eigenvalue weighted by Crippen LogP contribution is 2.38. The third kappa shape index (κ3) is 3.96. The number of carbonyl (C=O) groups excluding carboxylic acids is 2. The van der Waals surface area contributed by atoms with Crippen LogP contribution >= 0.6 is 0 Å². The van der Waals surface area contributed by atoms with E-state index in [0.29, 0.717) is 17.9 Å². The molecule has 29 heavy (non-hydrogen) atoms. The molecule has 2 aromatic rings. The van der Waals surface area contributed by atoms with Gasteiger partial charge in [-0.3, -0.25) is 9.59 Å². The normalized spacial score (nSPS) is 12.3. The first-order chi connectivity index (χ1) is 14.1. The Hall–Kier alpha value is -3.67. The third-order valence-electron chi connectivity index (χ3n) is 4.21. The lowest BCUT2D eigenvalue weighted by Crippen LogP contribution is -2.23. The summed E-state index contributed by atoms with van der Waals surface area (Å²) in [6.07, 6.45) is 4.61. The van der Waals surface area contributed by atoms with Gasteiger partial charge in [0.15, 0.2) is 5.78 Å². The molecule has 0 saturated carbocycles. The SMILES string of the molecule is C=CCOc1cccc2c1C(=O)c1c(OCC=C)cc(/C=N/OCC)cc1C2=O. The van der Waals surface area contributed by atoms with E-state index < -0.39 is 0 Å². The summed E-state index contributed by atoms with van der Waals surface area (Å²) in [4.78, 5) is 31.6. The fraction of sp³-hybridized carbons (Fsp3) is 0.174. The van der Waals surface area contributed by atoms with Crippen LogP contribution in [0.1, 0.15) is 44.3 Å². The zero-order chi connectivity index (χ0) is 20.8. The third-order valence-corrected chi connectivity index (χ3v) is 4.21. The number of rotatable bonds is 9. The maximum absolute atomic E-state index is 13.4. The molecule has 0 atom stereocenters. The summed E-state index contributed by atoms with van der Waals surface area (Å²) < 4.78 is 11.3. The number of fused-ring (bicyclic) bond motifs is 2. The van der Waals surface area contributed by atoms with Crippen molar-refractivity contribution in [3.05, 3.63) is 83.5 Å².